The fraction of sp³-hybridized carbons (Fsp3) is 0.529. The molecular weight excluding hydrogens is 358 g/mol. The summed E-state index contributed by atoms with van der Waals surface area (Å²) < 4.78 is 1.63. The topological polar surface area (TPSA) is 63.9 Å². The van der Waals surface area contributed by atoms with Gasteiger partial charge >= 0.3 is 0 Å². The van der Waals surface area contributed by atoms with Gasteiger partial charge in [-0.1, -0.05) is 23.4 Å². The standard InChI is InChI=1S/C17H22ClN5OS/c1-11-5-4-6-12(2)22(11)16(24)13(3)25-17-19-20-21-23(17)15-9-7-14(18)8-10-15/h7-13H,4-6H2,1-3H3/t11-,12-,13-/m1/s1. The molecule has 1 aromatic heterocycles. The molecule has 134 valence electrons. The first-order valence-corrected chi connectivity index (χ1v) is 9.76. The SMILES string of the molecule is C[C@@H]1CCC[C@@H](C)N1C(=O)[C@@H](C)Sc1nnnn1-c1ccc(Cl)cc1. The highest BCUT2D eigenvalue weighted by atomic mass is 35.5. The van der Waals surface area contributed by atoms with Crippen LogP contribution in [0.15, 0.2) is 29.4 Å². The Morgan fingerprint density at radius 3 is 2.52 bits per heavy atom. The second-order valence-corrected chi connectivity index (χ2v) is 8.23. The second kappa shape index (κ2) is 7.74. The summed E-state index contributed by atoms with van der Waals surface area (Å²) in [5.74, 6) is 0.148. The van der Waals surface area contributed by atoms with Crippen LogP contribution >= 0.6 is 23.4 Å². The molecule has 1 saturated heterocycles. The summed E-state index contributed by atoms with van der Waals surface area (Å²) in [5.41, 5.74) is 0.816. The molecule has 0 bridgehead atoms. The third-order valence-electron chi connectivity index (χ3n) is 4.59. The van der Waals surface area contributed by atoms with Gasteiger partial charge in [0, 0.05) is 17.1 Å². The van der Waals surface area contributed by atoms with Gasteiger partial charge in [-0.15, -0.1) is 5.10 Å². The number of piperidine rings is 1. The van der Waals surface area contributed by atoms with E-state index in [-0.39, 0.29) is 23.2 Å². The minimum absolute atomic E-state index is 0.148. The van der Waals surface area contributed by atoms with Crippen molar-refractivity contribution in [3.8, 4) is 5.69 Å². The Kier molecular flexibility index (Phi) is 5.64. The number of hydrogen-bond donors (Lipinski definition) is 0. The predicted octanol–water partition coefficient (Wildman–Crippen LogP) is 3.59. The first-order valence-electron chi connectivity index (χ1n) is 8.50. The molecule has 1 aromatic carbocycles. The Labute approximate surface area is 156 Å². The number of hydrogen-bond acceptors (Lipinski definition) is 5. The lowest BCUT2D eigenvalue weighted by atomic mass is 9.97. The van der Waals surface area contributed by atoms with Gasteiger partial charge in [0.15, 0.2) is 0 Å². The maximum absolute atomic E-state index is 12.9. The normalized spacial score (nSPS) is 22.0. The first kappa shape index (κ1) is 18.2. The zero-order valence-electron chi connectivity index (χ0n) is 14.6. The minimum Gasteiger partial charge on any atom is -0.336 e. The zero-order chi connectivity index (χ0) is 18.0. The number of rotatable bonds is 4. The molecule has 6 nitrogen and oxygen atoms in total. The van der Waals surface area contributed by atoms with E-state index in [0.717, 1.165) is 18.5 Å². The molecule has 0 radical (unpaired) electrons. The van der Waals surface area contributed by atoms with Crippen molar-refractivity contribution >= 4 is 29.3 Å². The number of aromatic nitrogens is 4. The Morgan fingerprint density at radius 2 is 1.88 bits per heavy atom. The van der Waals surface area contributed by atoms with Gasteiger partial charge in [-0.25, -0.2) is 0 Å². The molecule has 0 aliphatic carbocycles. The molecule has 3 atom stereocenters. The van der Waals surface area contributed by atoms with Gasteiger partial charge < -0.3 is 4.90 Å². The number of benzene rings is 1. The molecular formula is C17H22ClN5OS. The lowest BCUT2D eigenvalue weighted by Crippen LogP contribution is -2.50. The second-order valence-electron chi connectivity index (χ2n) is 6.48. The molecule has 0 spiro atoms. The van der Waals surface area contributed by atoms with Crippen molar-refractivity contribution < 1.29 is 4.79 Å². The van der Waals surface area contributed by atoms with Crippen LogP contribution in [0.1, 0.15) is 40.0 Å². The molecule has 0 N–H and O–H groups in total. The van der Waals surface area contributed by atoms with E-state index in [0.29, 0.717) is 10.2 Å². The van der Waals surface area contributed by atoms with E-state index in [2.05, 4.69) is 29.4 Å². The lowest BCUT2D eigenvalue weighted by molar-refractivity contribution is -0.136. The summed E-state index contributed by atoms with van der Waals surface area (Å²) in [5, 5.41) is 12.9. The van der Waals surface area contributed by atoms with Crippen molar-refractivity contribution in [2.45, 2.75) is 62.5 Å². The highest BCUT2D eigenvalue weighted by molar-refractivity contribution is 8.00. The molecule has 1 aliphatic heterocycles. The van der Waals surface area contributed by atoms with E-state index in [1.165, 1.54) is 18.2 Å². The summed E-state index contributed by atoms with van der Waals surface area (Å²) in [7, 11) is 0. The van der Waals surface area contributed by atoms with Crippen LogP contribution in [0, 0.1) is 0 Å². The van der Waals surface area contributed by atoms with Crippen LogP contribution in [0.5, 0.6) is 0 Å². The van der Waals surface area contributed by atoms with Crippen LogP contribution in [0.25, 0.3) is 5.69 Å². The van der Waals surface area contributed by atoms with Crippen LogP contribution < -0.4 is 0 Å². The summed E-state index contributed by atoms with van der Waals surface area (Å²) in [6, 6.07) is 7.85. The molecule has 1 aliphatic rings. The van der Waals surface area contributed by atoms with Crippen molar-refractivity contribution in [1.29, 1.82) is 0 Å². The number of likely N-dealkylation sites (tertiary alicyclic amines) is 1. The van der Waals surface area contributed by atoms with E-state index >= 15 is 0 Å². The van der Waals surface area contributed by atoms with Gasteiger partial charge in [-0.05, 0) is 74.7 Å². The Balaban J connectivity index is 1.75. The maximum Gasteiger partial charge on any atom is 0.236 e. The number of nitrogens with zero attached hydrogens (tertiary/aromatic N) is 5. The number of amides is 1. The first-order chi connectivity index (χ1) is 12.0. The number of thioether (sulfide) groups is 1. The van der Waals surface area contributed by atoms with Crippen LogP contribution in [0.4, 0.5) is 0 Å². The minimum atomic E-state index is -0.250. The third-order valence-corrected chi connectivity index (χ3v) is 5.86. The van der Waals surface area contributed by atoms with Crippen molar-refractivity contribution in [2.24, 2.45) is 0 Å². The fourth-order valence-electron chi connectivity index (χ4n) is 3.27. The smallest absolute Gasteiger partial charge is 0.236 e. The largest absolute Gasteiger partial charge is 0.336 e. The van der Waals surface area contributed by atoms with Gasteiger partial charge in [-0.3, -0.25) is 4.79 Å². The van der Waals surface area contributed by atoms with Gasteiger partial charge in [0.1, 0.15) is 0 Å². The highest BCUT2D eigenvalue weighted by Crippen LogP contribution is 2.29. The van der Waals surface area contributed by atoms with E-state index in [1.807, 2.05) is 24.0 Å². The molecule has 1 amide bonds. The fourth-order valence-corrected chi connectivity index (χ4v) is 4.26. The van der Waals surface area contributed by atoms with Crippen molar-refractivity contribution in [2.75, 3.05) is 0 Å². The van der Waals surface area contributed by atoms with E-state index in [9.17, 15) is 4.79 Å². The Morgan fingerprint density at radius 1 is 1.24 bits per heavy atom. The van der Waals surface area contributed by atoms with Crippen LogP contribution in [-0.2, 0) is 4.79 Å². The Hall–Kier alpha value is -1.60. The summed E-state index contributed by atoms with van der Waals surface area (Å²) in [4.78, 5) is 15.0. The molecule has 0 saturated carbocycles. The van der Waals surface area contributed by atoms with Gasteiger partial charge in [0.05, 0.1) is 10.9 Å². The van der Waals surface area contributed by atoms with E-state index < -0.39 is 0 Å². The average molecular weight is 380 g/mol. The van der Waals surface area contributed by atoms with Gasteiger partial charge in [0.25, 0.3) is 0 Å². The number of carbonyl (C=O) groups excluding carboxylic acids is 1. The molecule has 2 aromatic rings. The summed E-state index contributed by atoms with van der Waals surface area (Å²) in [6.45, 7) is 6.17. The maximum atomic E-state index is 12.9. The van der Waals surface area contributed by atoms with Crippen molar-refractivity contribution in [3.63, 3.8) is 0 Å². The molecule has 25 heavy (non-hydrogen) atoms. The molecule has 0 unspecified atom stereocenters. The average Bonchev–Trinajstić information content (AvgIpc) is 3.03. The van der Waals surface area contributed by atoms with Gasteiger partial charge in [0.2, 0.25) is 11.1 Å². The molecule has 3 rings (SSSR count). The third kappa shape index (κ3) is 3.98. The number of halogens is 1. The monoisotopic (exact) mass is 379 g/mol. The van der Waals surface area contributed by atoms with Gasteiger partial charge in [-0.2, -0.15) is 4.68 Å². The predicted molar refractivity (Wildman–Crippen MR) is 99.1 cm³/mol. The Bertz CT molecular complexity index is 725. The highest BCUT2D eigenvalue weighted by Gasteiger charge is 2.32. The van der Waals surface area contributed by atoms with E-state index in [1.54, 1.807) is 16.8 Å². The van der Waals surface area contributed by atoms with E-state index in [4.69, 9.17) is 11.6 Å². The van der Waals surface area contributed by atoms with Crippen LogP contribution in [-0.4, -0.2) is 48.3 Å². The quantitative estimate of drug-likeness (QED) is 0.759. The van der Waals surface area contributed by atoms with Crippen molar-refractivity contribution in [1.82, 2.24) is 25.1 Å². The molecule has 1 fully saturated rings. The molecule has 2 heterocycles. The van der Waals surface area contributed by atoms with Crippen LogP contribution in [0.3, 0.4) is 0 Å². The van der Waals surface area contributed by atoms with Crippen LogP contribution in [0.2, 0.25) is 5.02 Å². The molecule has 8 heteroatoms. The number of carbonyl (C=O) groups is 1. The van der Waals surface area contributed by atoms with Crippen molar-refractivity contribution in [3.05, 3.63) is 29.3 Å². The number of tetrazole rings is 1. The lowest BCUT2D eigenvalue weighted by Gasteiger charge is -2.40. The summed E-state index contributed by atoms with van der Waals surface area (Å²) in [6.07, 6.45) is 3.31. The summed E-state index contributed by atoms with van der Waals surface area (Å²) >= 11 is 7.32. The zero-order valence-corrected chi connectivity index (χ0v) is 16.2.